The molecule has 9 heteroatoms. The fourth-order valence-corrected chi connectivity index (χ4v) is 4.66. The molecule has 0 bridgehead atoms. The molecule has 0 aromatic heterocycles. The Morgan fingerprint density at radius 2 is 1.98 bits per heavy atom. The molecule has 1 heterocycles. The molecule has 40 heavy (non-hydrogen) atoms. The summed E-state index contributed by atoms with van der Waals surface area (Å²) in [6.45, 7) is 8.71. The lowest BCUT2D eigenvalue weighted by molar-refractivity contribution is -0.121. The van der Waals surface area contributed by atoms with Crippen LogP contribution in [0.15, 0.2) is 54.4 Å². The second kappa shape index (κ2) is 13.6. The summed E-state index contributed by atoms with van der Waals surface area (Å²) < 4.78 is 11.6. The number of rotatable bonds is 11. The number of carbonyl (C=O) groups excluding carboxylic acids is 3. The van der Waals surface area contributed by atoms with Crippen molar-refractivity contribution in [2.24, 2.45) is 0 Å². The molecule has 0 radical (unpaired) electrons. The zero-order valence-corrected chi connectivity index (χ0v) is 24.7. The summed E-state index contributed by atoms with van der Waals surface area (Å²) in [5.74, 6) is 0.0449. The lowest BCUT2D eigenvalue weighted by Gasteiger charge is -2.29. The van der Waals surface area contributed by atoms with Gasteiger partial charge in [0.2, 0.25) is 5.91 Å². The Hall–Kier alpha value is -3.62. The lowest BCUT2D eigenvalue weighted by atomic mass is 9.98. The van der Waals surface area contributed by atoms with Crippen LogP contribution in [0.1, 0.15) is 54.2 Å². The number of amides is 2. The van der Waals surface area contributed by atoms with E-state index in [1.807, 2.05) is 39.8 Å². The topological polar surface area (TPSA) is 97.0 Å². The zero-order valence-electron chi connectivity index (χ0n) is 24.0. The molecule has 0 spiro atoms. The fourth-order valence-electron chi connectivity index (χ4n) is 4.49. The highest BCUT2D eigenvalue weighted by atomic mass is 35.5. The van der Waals surface area contributed by atoms with Gasteiger partial charge in [0.15, 0.2) is 0 Å². The normalized spacial score (nSPS) is 14.6. The van der Waals surface area contributed by atoms with Crippen molar-refractivity contribution in [1.82, 2.24) is 10.2 Å². The van der Waals surface area contributed by atoms with Gasteiger partial charge in [-0.05, 0) is 87.2 Å². The Morgan fingerprint density at radius 1 is 1.23 bits per heavy atom. The first-order valence-electron chi connectivity index (χ1n) is 13.2. The number of carbonyl (C=O) groups is 3. The summed E-state index contributed by atoms with van der Waals surface area (Å²) in [6.07, 6.45) is 4.91. The standard InChI is InChI=1S/C31H38ClN3O5/c1-20-7-8-22(32)18-26(20)25(12-15-36)28(39-6)19-35(5)27(13-16-40-31(2,3)4)30(38)34-23-9-10-24-21(17-23)11-14-33-29(24)37/h7-10,12,15,17-19,27H,11,13-14,16H2,1-6H3,(H,33,37)(H,34,38)/b25-12-,28-19+. The summed E-state index contributed by atoms with van der Waals surface area (Å²) >= 11 is 6.25. The molecule has 0 fully saturated rings. The number of hydrogen-bond donors (Lipinski definition) is 2. The lowest BCUT2D eigenvalue weighted by Crippen LogP contribution is -2.41. The van der Waals surface area contributed by atoms with Crippen LogP contribution in [0, 0.1) is 6.92 Å². The number of aryl methyl sites for hydroxylation is 1. The molecular weight excluding hydrogens is 530 g/mol. The van der Waals surface area contributed by atoms with Crippen LogP contribution in [0.5, 0.6) is 0 Å². The van der Waals surface area contributed by atoms with E-state index in [4.69, 9.17) is 21.1 Å². The van der Waals surface area contributed by atoms with Crippen molar-refractivity contribution in [1.29, 1.82) is 0 Å². The van der Waals surface area contributed by atoms with Gasteiger partial charge in [-0.1, -0.05) is 17.7 Å². The third kappa shape index (κ3) is 8.19. The van der Waals surface area contributed by atoms with Gasteiger partial charge in [-0.25, -0.2) is 0 Å². The van der Waals surface area contributed by atoms with Crippen LogP contribution < -0.4 is 10.6 Å². The number of allylic oxidation sites excluding steroid dienone is 2. The van der Waals surface area contributed by atoms with E-state index in [0.29, 0.717) is 59.9 Å². The first-order valence-corrected chi connectivity index (χ1v) is 13.6. The smallest absolute Gasteiger partial charge is 0.251 e. The van der Waals surface area contributed by atoms with Crippen LogP contribution in [-0.2, 0) is 25.5 Å². The second-order valence-electron chi connectivity index (χ2n) is 10.7. The quantitative estimate of drug-likeness (QED) is 0.169. The molecule has 2 amide bonds. The Balaban J connectivity index is 1.92. The van der Waals surface area contributed by atoms with E-state index in [1.54, 1.807) is 42.4 Å². The number of nitrogens with one attached hydrogen (secondary N) is 2. The highest BCUT2D eigenvalue weighted by Crippen LogP contribution is 2.29. The molecule has 1 aliphatic heterocycles. The fraction of sp³-hybridized carbons (Fsp3) is 0.387. The number of ether oxygens (including phenoxy) is 2. The van der Waals surface area contributed by atoms with Crippen LogP contribution in [0.3, 0.4) is 0 Å². The number of nitrogens with zero attached hydrogens (tertiary/aromatic N) is 1. The van der Waals surface area contributed by atoms with E-state index < -0.39 is 6.04 Å². The Morgan fingerprint density at radius 3 is 2.65 bits per heavy atom. The third-order valence-electron chi connectivity index (χ3n) is 6.55. The molecular formula is C31H38ClN3O5. The first kappa shape index (κ1) is 30.9. The maximum Gasteiger partial charge on any atom is 0.251 e. The summed E-state index contributed by atoms with van der Waals surface area (Å²) in [5, 5.41) is 6.36. The van der Waals surface area contributed by atoms with Crippen molar-refractivity contribution in [2.75, 3.05) is 32.6 Å². The van der Waals surface area contributed by atoms with Gasteiger partial charge in [0.25, 0.3) is 5.91 Å². The van der Waals surface area contributed by atoms with Crippen LogP contribution in [0.25, 0.3) is 5.57 Å². The number of anilines is 1. The summed E-state index contributed by atoms with van der Waals surface area (Å²) in [7, 11) is 3.29. The van der Waals surface area contributed by atoms with Crippen LogP contribution in [0.2, 0.25) is 5.02 Å². The number of benzene rings is 2. The highest BCUT2D eigenvalue weighted by Gasteiger charge is 2.25. The first-order chi connectivity index (χ1) is 18.9. The Kier molecular flexibility index (Phi) is 10.5. The van der Waals surface area contributed by atoms with Crippen molar-refractivity contribution in [2.45, 2.75) is 52.2 Å². The number of methoxy groups -OCH3 is 1. The Bertz CT molecular complexity index is 1310. The monoisotopic (exact) mass is 567 g/mol. The molecule has 0 saturated carbocycles. The molecule has 2 aromatic rings. The van der Waals surface area contributed by atoms with E-state index in [-0.39, 0.29) is 17.4 Å². The molecule has 2 aromatic carbocycles. The van der Waals surface area contributed by atoms with E-state index in [1.165, 1.54) is 13.2 Å². The molecule has 0 aliphatic carbocycles. The average molecular weight is 568 g/mol. The second-order valence-corrected chi connectivity index (χ2v) is 11.1. The van der Waals surface area contributed by atoms with Crippen LogP contribution in [-0.4, -0.2) is 62.0 Å². The predicted molar refractivity (Wildman–Crippen MR) is 158 cm³/mol. The van der Waals surface area contributed by atoms with Crippen LogP contribution >= 0.6 is 11.6 Å². The minimum Gasteiger partial charge on any atom is -0.495 e. The van der Waals surface area contributed by atoms with Gasteiger partial charge >= 0.3 is 0 Å². The van der Waals surface area contributed by atoms with E-state index in [2.05, 4.69) is 10.6 Å². The summed E-state index contributed by atoms with van der Waals surface area (Å²) in [6, 6.07) is 10.1. The SMILES string of the molecule is COC(=C/N(C)C(CCOC(C)(C)C)C(=O)Nc1ccc2c(c1)CCNC2=O)/C(=C\C=O)c1cc(Cl)ccc1C. The van der Waals surface area contributed by atoms with E-state index >= 15 is 0 Å². The number of hydrogen-bond acceptors (Lipinski definition) is 6. The van der Waals surface area contributed by atoms with Crippen molar-refractivity contribution < 1.29 is 23.9 Å². The molecule has 1 atom stereocenters. The van der Waals surface area contributed by atoms with Crippen molar-refractivity contribution >= 4 is 41.0 Å². The summed E-state index contributed by atoms with van der Waals surface area (Å²) in [5.41, 5.74) is 3.96. The van der Waals surface area contributed by atoms with Gasteiger partial charge in [0.05, 0.1) is 12.7 Å². The minimum absolute atomic E-state index is 0.109. The van der Waals surface area contributed by atoms with Crippen LogP contribution in [0.4, 0.5) is 5.69 Å². The number of halogens is 1. The van der Waals surface area contributed by atoms with Gasteiger partial charge in [0.1, 0.15) is 18.1 Å². The number of likely N-dealkylation sites (N-methyl/N-ethyl adjacent to an activating group) is 1. The van der Waals surface area contributed by atoms with Crippen molar-refractivity contribution in [3.05, 3.63) is 81.7 Å². The van der Waals surface area contributed by atoms with Gasteiger partial charge < -0.3 is 25.0 Å². The third-order valence-corrected chi connectivity index (χ3v) is 6.78. The van der Waals surface area contributed by atoms with Gasteiger partial charge in [-0.2, -0.15) is 0 Å². The molecule has 8 nitrogen and oxygen atoms in total. The minimum atomic E-state index is -0.634. The van der Waals surface area contributed by atoms with Gasteiger partial charge in [-0.3, -0.25) is 14.4 Å². The van der Waals surface area contributed by atoms with Gasteiger partial charge in [0, 0.05) is 54.7 Å². The summed E-state index contributed by atoms with van der Waals surface area (Å²) in [4.78, 5) is 39.1. The molecule has 3 rings (SSSR count). The van der Waals surface area contributed by atoms with Gasteiger partial charge in [-0.15, -0.1) is 0 Å². The van der Waals surface area contributed by atoms with Crippen molar-refractivity contribution in [3.63, 3.8) is 0 Å². The molecule has 0 saturated heterocycles. The highest BCUT2D eigenvalue weighted by molar-refractivity contribution is 6.30. The predicted octanol–water partition coefficient (Wildman–Crippen LogP) is 5.15. The number of aldehydes is 1. The molecule has 214 valence electrons. The zero-order chi connectivity index (χ0) is 29.4. The maximum atomic E-state index is 13.6. The largest absolute Gasteiger partial charge is 0.495 e. The average Bonchev–Trinajstić information content (AvgIpc) is 2.89. The number of fused-ring (bicyclic) bond motifs is 1. The molecule has 1 aliphatic rings. The van der Waals surface area contributed by atoms with E-state index in [0.717, 1.165) is 16.7 Å². The van der Waals surface area contributed by atoms with E-state index in [9.17, 15) is 14.4 Å². The van der Waals surface area contributed by atoms with Crippen molar-refractivity contribution in [3.8, 4) is 0 Å². The Labute approximate surface area is 241 Å². The molecule has 1 unspecified atom stereocenters. The maximum absolute atomic E-state index is 13.6. The molecule has 2 N–H and O–H groups in total.